The molecular weight excluding hydrogens is 463 g/mol. The predicted octanol–water partition coefficient (Wildman–Crippen LogP) is 4.40. The number of amides is 1. The maximum absolute atomic E-state index is 14.0. The van der Waals surface area contributed by atoms with Gasteiger partial charge in [-0.3, -0.25) is 4.79 Å². The van der Waals surface area contributed by atoms with Gasteiger partial charge in [-0.25, -0.2) is 4.39 Å². The molecule has 5 rings (SSSR count). The van der Waals surface area contributed by atoms with Crippen molar-refractivity contribution in [3.63, 3.8) is 0 Å². The van der Waals surface area contributed by atoms with E-state index in [9.17, 15) is 9.18 Å². The zero-order valence-electron chi connectivity index (χ0n) is 18.4. The Morgan fingerprint density at radius 2 is 2.06 bits per heavy atom. The molecule has 34 heavy (non-hydrogen) atoms. The number of likely N-dealkylation sites (tertiary alicyclic amines) is 1. The van der Waals surface area contributed by atoms with Crippen LogP contribution in [-0.4, -0.2) is 49.6 Å². The van der Waals surface area contributed by atoms with Gasteiger partial charge in [0.1, 0.15) is 23.3 Å². The van der Waals surface area contributed by atoms with Gasteiger partial charge in [-0.05, 0) is 43.5 Å². The number of carbonyl (C=O) groups excluding carboxylic acids is 1. The van der Waals surface area contributed by atoms with Crippen LogP contribution in [0.25, 0.3) is 17.1 Å². The number of halogens is 2. The van der Waals surface area contributed by atoms with E-state index in [2.05, 4.69) is 20.3 Å². The first-order valence-electron chi connectivity index (χ1n) is 10.6. The van der Waals surface area contributed by atoms with Gasteiger partial charge in [-0.1, -0.05) is 28.9 Å². The number of carbonyl (C=O) groups is 1. The molecule has 1 fully saturated rings. The standard InChI is InChI=1S/C23H20ClFN6O3/c1-13-14(5-3-6-17(13)25)21-28-22(34-29-21)18-7-4-10-30(18)23(32)15-11-20(33-2)16(24)12-19(15)31-26-8-9-27-31/h3,5-6,8-9,11-12,18H,4,7,10H2,1-2H3/t18-/m0/s1. The maximum atomic E-state index is 14.0. The van der Waals surface area contributed by atoms with Crippen molar-refractivity contribution in [3.05, 3.63) is 70.6 Å². The highest BCUT2D eigenvalue weighted by Crippen LogP contribution is 2.36. The molecular formula is C23H20ClFN6O3. The molecule has 0 N–H and O–H groups in total. The zero-order valence-corrected chi connectivity index (χ0v) is 19.2. The lowest BCUT2D eigenvalue weighted by Gasteiger charge is -2.23. The molecule has 1 atom stereocenters. The van der Waals surface area contributed by atoms with Gasteiger partial charge in [0.2, 0.25) is 11.7 Å². The molecule has 0 spiro atoms. The van der Waals surface area contributed by atoms with Crippen LogP contribution in [0.1, 0.15) is 40.7 Å². The Balaban J connectivity index is 1.50. The first-order chi connectivity index (χ1) is 16.5. The first-order valence-corrected chi connectivity index (χ1v) is 11.0. The third kappa shape index (κ3) is 3.79. The van der Waals surface area contributed by atoms with E-state index in [0.717, 1.165) is 6.42 Å². The van der Waals surface area contributed by atoms with Crippen LogP contribution in [0.2, 0.25) is 5.02 Å². The second-order valence-corrected chi connectivity index (χ2v) is 8.25. The molecule has 3 heterocycles. The van der Waals surface area contributed by atoms with E-state index in [1.807, 2.05) is 0 Å². The second-order valence-electron chi connectivity index (χ2n) is 7.85. The highest BCUT2D eigenvalue weighted by atomic mass is 35.5. The van der Waals surface area contributed by atoms with Gasteiger partial charge < -0.3 is 14.2 Å². The average molecular weight is 483 g/mol. The number of rotatable bonds is 5. The molecule has 2 aromatic heterocycles. The highest BCUT2D eigenvalue weighted by Gasteiger charge is 2.36. The topological polar surface area (TPSA) is 99.2 Å². The van der Waals surface area contributed by atoms with E-state index < -0.39 is 6.04 Å². The molecule has 0 saturated carbocycles. The monoisotopic (exact) mass is 482 g/mol. The number of hydrogen-bond donors (Lipinski definition) is 0. The predicted molar refractivity (Wildman–Crippen MR) is 120 cm³/mol. The third-order valence-corrected chi connectivity index (χ3v) is 6.18. The van der Waals surface area contributed by atoms with Crippen molar-refractivity contribution in [2.75, 3.05) is 13.7 Å². The van der Waals surface area contributed by atoms with Gasteiger partial charge >= 0.3 is 0 Å². The van der Waals surface area contributed by atoms with E-state index in [0.29, 0.717) is 52.0 Å². The van der Waals surface area contributed by atoms with Crippen LogP contribution >= 0.6 is 11.6 Å². The smallest absolute Gasteiger partial charge is 0.256 e. The lowest BCUT2D eigenvalue weighted by molar-refractivity contribution is 0.0709. The summed E-state index contributed by atoms with van der Waals surface area (Å²) in [5.74, 6) is 0.313. The van der Waals surface area contributed by atoms with Crippen LogP contribution in [-0.2, 0) is 0 Å². The molecule has 1 aliphatic rings. The molecule has 9 nitrogen and oxygen atoms in total. The molecule has 1 aliphatic heterocycles. The van der Waals surface area contributed by atoms with E-state index >= 15 is 0 Å². The fraction of sp³-hybridized carbons (Fsp3) is 0.261. The summed E-state index contributed by atoms with van der Waals surface area (Å²) in [6, 6.07) is 7.45. The second kappa shape index (κ2) is 8.86. The summed E-state index contributed by atoms with van der Waals surface area (Å²) >= 11 is 6.31. The summed E-state index contributed by atoms with van der Waals surface area (Å²) in [6.45, 7) is 2.15. The Bertz CT molecular complexity index is 1360. The number of nitrogens with zero attached hydrogens (tertiary/aromatic N) is 6. The number of methoxy groups -OCH3 is 1. The van der Waals surface area contributed by atoms with Gasteiger partial charge in [0.05, 0.1) is 30.1 Å². The average Bonchev–Trinajstić information content (AvgIpc) is 3.61. The summed E-state index contributed by atoms with van der Waals surface area (Å²) in [6.07, 6.45) is 4.43. The molecule has 0 radical (unpaired) electrons. The van der Waals surface area contributed by atoms with Crippen LogP contribution in [0.5, 0.6) is 5.75 Å². The Kier molecular flexibility index (Phi) is 5.74. The van der Waals surface area contributed by atoms with Crippen molar-refractivity contribution in [2.45, 2.75) is 25.8 Å². The molecule has 0 bridgehead atoms. The number of hydrogen-bond acceptors (Lipinski definition) is 7. The number of aromatic nitrogens is 5. The van der Waals surface area contributed by atoms with Crippen molar-refractivity contribution in [2.24, 2.45) is 0 Å². The van der Waals surface area contributed by atoms with Gasteiger partial charge in [0.15, 0.2) is 0 Å². The van der Waals surface area contributed by atoms with Gasteiger partial charge in [-0.2, -0.15) is 20.0 Å². The number of benzene rings is 2. The molecule has 0 unspecified atom stereocenters. The minimum Gasteiger partial charge on any atom is -0.495 e. The highest BCUT2D eigenvalue weighted by molar-refractivity contribution is 6.32. The Labute approximate surface area is 199 Å². The minimum absolute atomic E-state index is 0.272. The minimum atomic E-state index is -0.428. The lowest BCUT2D eigenvalue weighted by Crippen LogP contribution is -2.31. The van der Waals surface area contributed by atoms with E-state index in [1.54, 1.807) is 36.1 Å². The van der Waals surface area contributed by atoms with Crippen LogP contribution in [0.15, 0.2) is 47.2 Å². The molecule has 1 amide bonds. The van der Waals surface area contributed by atoms with Gasteiger partial charge in [0, 0.05) is 12.1 Å². The summed E-state index contributed by atoms with van der Waals surface area (Å²) in [7, 11) is 1.48. The molecule has 174 valence electrons. The van der Waals surface area contributed by atoms with Crippen molar-refractivity contribution in [1.29, 1.82) is 0 Å². The Morgan fingerprint density at radius 1 is 1.26 bits per heavy atom. The molecule has 4 aromatic rings. The van der Waals surface area contributed by atoms with Crippen molar-refractivity contribution < 1.29 is 18.4 Å². The zero-order chi connectivity index (χ0) is 23.8. The Morgan fingerprint density at radius 3 is 2.82 bits per heavy atom. The van der Waals surface area contributed by atoms with Crippen molar-refractivity contribution >= 4 is 17.5 Å². The van der Waals surface area contributed by atoms with Crippen molar-refractivity contribution in [1.82, 2.24) is 30.0 Å². The summed E-state index contributed by atoms with van der Waals surface area (Å²) in [5.41, 5.74) is 1.72. The van der Waals surface area contributed by atoms with Crippen molar-refractivity contribution in [3.8, 4) is 22.8 Å². The molecule has 2 aromatic carbocycles. The molecule has 11 heteroatoms. The van der Waals surface area contributed by atoms with E-state index in [-0.39, 0.29) is 17.5 Å². The third-order valence-electron chi connectivity index (χ3n) is 5.88. The van der Waals surface area contributed by atoms with Crippen LogP contribution in [0.4, 0.5) is 4.39 Å². The normalized spacial score (nSPS) is 15.6. The largest absolute Gasteiger partial charge is 0.495 e. The van der Waals surface area contributed by atoms with Gasteiger partial charge in [0.25, 0.3) is 5.91 Å². The van der Waals surface area contributed by atoms with E-state index in [4.69, 9.17) is 20.9 Å². The SMILES string of the molecule is COc1cc(C(=O)N2CCC[C@H]2c2nc(-c3cccc(F)c3C)no2)c(-n2nccn2)cc1Cl. The summed E-state index contributed by atoms with van der Waals surface area (Å²) in [5, 5.41) is 12.7. The summed E-state index contributed by atoms with van der Waals surface area (Å²) in [4.78, 5) is 21.2. The molecule has 0 aliphatic carbocycles. The molecule has 1 saturated heterocycles. The quantitative estimate of drug-likeness (QED) is 0.415. The lowest BCUT2D eigenvalue weighted by atomic mass is 10.1. The fourth-order valence-electron chi connectivity index (χ4n) is 4.13. The maximum Gasteiger partial charge on any atom is 0.256 e. The Hall–Kier alpha value is -3.79. The first kappa shape index (κ1) is 22.0. The van der Waals surface area contributed by atoms with Crippen LogP contribution < -0.4 is 4.74 Å². The number of ether oxygens (including phenoxy) is 1. The fourth-order valence-corrected chi connectivity index (χ4v) is 4.36. The van der Waals surface area contributed by atoms with E-state index in [1.165, 1.54) is 30.4 Å². The van der Waals surface area contributed by atoms with Crippen LogP contribution in [0, 0.1) is 12.7 Å². The summed E-state index contributed by atoms with van der Waals surface area (Å²) < 4.78 is 24.9. The van der Waals surface area contributed by atoms with Gasteiger partial charge in [-0.15, -0.1) is 0 Å². The van der Waals surface area contributed by atoms with Crippen LogP contribution in [0.3, 0.4) is 0 Å².